The van der Waals surface area contributed by atoms with Crippen molar-refractivity contribution in [3.63, 3.8) is 0 Å². The summed E-state index contributed by atoms with van der Waals surface area (Å²) in [5, 5.41) is 0.602. The van der Waals surface area contributed by atoms with Gasteiger partial charge < -0.3 is 14.6 Å². The number of nitrogens with zero attached hydrogens (tertiary/aromatic N) is 3. The average Bonchev–Trinajstić information content (AvgIpc) is 3.14. The molecule has 0 bridgehead atoms. The second-order valence-electron chi connectivity index (χ2n) is 7.06. The van der Waals surface area contributed by atoms with E-state index >= 15 is 0 Å². The van der Waals surface area contributed by atoms with Gasteiger partial charge in [-0.3, -0.25) is 9.69 Å². The molecule has 1 spiro atoms. The lowest BCUT2D eigenvalue weighted by Crippen LogP contribution is -2.56. The fourth-order valence-electron chi connectivity index (χ4n) is 4.12. The number of hydrogen-bond acceptors (Lipinski definition) is 4. The van der Waals surface area contributed by atoms with Crippen LogP contribution in [0.4, 0.5) is 0 Å². The minimum atomic E-state index is -0.0574. The quantitative estimate of drug-likeness (QED) is 0.896. The maximum atomic E-state index is 12.5. The van der Waals surface area contributed by atoms with Crippen LogP contribution in [0.25, 0.3) is 0 Å². The number of ether oxygens (including phenoxy) is 1. The van der Waals surface area contributed by atoms with Crippen molar-refractivity contribution in [2.45, 2.75) is 24.8 Å². The molecule has 0 radical (unpaired) electrons. The highest BCUT2D eigenvalue weighted by Gasteiger charge is 2.45. The summed E-state index contributed by atoms with van der Waals surface area (Å²) in [5.74, 6) is 0.632. The molecule has 26 heavy (non-hydrogen) atoms. The zero-order valence-electron chi connectivity index (χ0n) is 14.9. The Kier molecular flexibility index (Phi) is 4.63. The van der Waals surface area contributed by atoms with Gasteiger partial charge in [0.15, 0.2) is 6.61 Å². The molecule has 2 aliphatic heterocycles. The largest absolute Gasteiger partial charge is 0.484 e. The number of aromatic nitrogens is 2. The third-order valence-electron chi connectivity index (χ3n) is 5.69. The molecule has 1 amide bonds. The van der Waals surface area contributed by atoms with E-state index < -0.39 is 0 Å². The second-order valence-corrected chi connectivity index (χ2v) is 7.50. The predicted octanol–water partition coefficient (Wildman–Crippen LogP) is 2.45. The molecular weight excluding hydrogens is 352 g/mol. The fourth-order valence-corrected chi connectivity index (χ4v) is 4.30. The molecule has 0 saturated carbocycles. The van der Waals surface area contributed by atoms with E-state index in [1.54, 1.807) is 24.5 Å². The number of imidazole rings is 1. The van der Waals surface area contributed by atoms with E-state index in [1.807, 2.05) is 11.0 Å². The number of nitrogens with one attached hydrogen (secondary N) is 1. The van der Waals surface area contributed by atoms with Crippen molar-refractivity contribution in [1.29, 1.82) is 0 Å². The minimum Gasteiger partial charge on any atom is -0.484 e. The highest BCUT2D eigenvalue weighted by Crippen LogP contribution is 2.41. The number of halogens is 1. The van der Waals surface area contributed by atoms with E-state index in [4.69, 9.17) is 16.3 Å². The summed E-state index contributed by atoms with van der Waals surface area (Å²) in [6, 6.07) is 7.12. The maximum absolute atomic E-state index is 12.5. The number of piperidine rings is 1. The van der Waals surface area contributed by atoms with Crippen molar-refractivity contribution in [3.8, 4) is 5.75 Å². The Balaban J connectivity index is 1.38. The topological polar surface area (TPSA) is 61.5 Å². The van der Waals surface area contributed by atoms with Gasteiger partial charge >= 0.3 is 0 Å². The standard InChI is InChI=1S/C19H23ClN4O2/c1-23-8-5-16-18(22-13-21-16)19(23)6-9-24(10-7-19)17(25)12-26-15-4-2-3-14(20)11-15/h2-4,11,13H,5-10,12H2,1H3,(H,21,22). The average molecular weight is 375 g/mol. The van der Waals surface area contributed by atoms with E-state index in [-0.39, 0.29) is 18.1 Å². The molecule has 138 valence electrons. The Morgan fingerprint density at radius 2 is 2.15 bits per heavy atom. The fraction of sp³-hybridized carbons (Fsp3) is 0.474. The van der Waals surface area contributed by atoms with Crippen LogP contribution in [0.3, 0.4) is 0 Å². The van der Waals surface area contributed by atoms with Gasteiger partial charge in [-0.1, -0.05) is 17.7 Å². The van der Waals surface area contributed by atoms with Gasteiger partial charge in [-0.25, -0.2) is 4.98 Å². The number of H-pyrrole nitrogens is 1. The van der Waals surface area contributed by atoms with Crippen LogP contribution in [0.2, 0.25) is 5.02 Å². The van der Waals surface area contributed by atoms with Crippen molar-refractivity contribution < 1.29 is 9.53 Å². The number of carbonyl (C=O) groups is 1. The normalized spacial score (nSPS) is 19.4. The zero-order valence-corrected chi connectivity index (χ0v) is 15.6. The van der Waals surface area contributed by atoms with Crippen LogP contribution in [0.1, 0.15) is 24.2 Å². The van der Waals surface area contributed by atoms with Gasteiger partial charge in [0.1, 0.15) is 5.75 Å². The van der Waals surface area contributed by atoms with Crippen molar-refractivity contribution in [1.82, 2.24) is 19.8 Å². The third kappa shape index (κ3) is 3.08. The monoisotopic (exact) mass is 374 g/mol. The molecule has 0 unspecified atom stereocenters. The Hall–Kier alpha value is -2.05. The van der Waals surface area contributed by atoms with Crippen molar-refractivity contribution >= 4 is 17.5 Å². The Morgan fingerprint density at radius 1 is 1.35 bits per heavy atom. The summed E-state index contributed by atoms with van der Waals surface area (Å²) in [7, 11) is 2.16. The highest BCUT2D eigenvalue weighted by atomic mass is 35.5. The smallest absolute Gasteiger partial charge is 0.260 e. The van der Waals surface area contributed by atoms with Crippen LogP contribution in [-0.4, -0.2) is 59.0 Å². The van der Waals surface area contributed by atoms with Gasteiger partial charge in [-0.05, 0) is 38.1 Å². The summed E-state index contributed by atoms with van der Waals surface area (Å²) in [4.78, 5) is 24.7. The Morgan fingerprint density at radius 3 is 2.92 bits per heavy atom. The molecule has 1 aromatic carbocycles. The first kappa shape index (κ1) is 17.4. The van der Waals surface area contributed by atoms with E-state index in [0.29, 0.717) is 23.9 Å². The lowest BCUT2D eigenvalue weighted by atomic mass is 9.79. The molecule has 3 heterocycles. The molecule has 0 aliphatic carbocycles. The first-order valence-corrected chi connectivity index (χ1v) is 9.36. The number of likely N-dealkylation sites (N-methyl/N-ethyl adjacent to an activating group) is 1. The van der Waals surface area contributed by atoms with Crippen LogP contribution in [0, 0.1) is 0 Å². The molecule has 4 rings (SSSR count). The molecule has 7 heteroatoms. The second kappa shape index (κ2) is 6.93. The van der Waals surface area contributed by atoms with Crippen molar-refractivity contribution in [2.24, 2.45) is 0 Å². The zero-order chi connectivity index (χ0) is 18.1. The summed E-state index contributed by atoms with van der Waals surface area (Å²) in [6.07, 6.45) is 4.58. The number of aromatic amines is 1. The molecule has 1 saturated heterocycles. The van der Waals surface area contributed by atoms with E-state index in [2.05, 4.69) is 21.9 Å². The molecule has 1 aromatic heterocycles. The summed E-state index contributed by atoms with van der Waals surface area (Å²) < 4.78 is 5.60. The van der Waals surface area contributed by atoms with Gasteiger partial charge in [0.2, 0.25) is 0 Å². The number of benzene rings is 1. The maximum Gasteiger partial charge on any atom is 0.260 e. The number of likely N-dealkylation sites (tertiary alicyclic amines) is 1. The molecule has 6 nitrogen and oxygen atoms in total. The van der Waals surface area contributed by atoms with Crippen LogP contribution < -0.4 is 4.74 Å². The number of amides is 1. The van der Waals surface area contributed by atoms with Crippen LogP contribution in [0.5, 0.6) is 5.75 Å². The lowest BCUT2D eigenvalue weighted by Gasteiger charge is -2.49. The van der Waals surface area contributed by atoms with Crippen LogP contribution in [-0.2, 0) is 16.8 Å². The third-order valence-corrected chi connectivity index (χ3v) is 5.92. The van der Waals surface area contributed by atoms with Gasteiger partial charge in [-0.15, -0.1) is 0 Å². The Bertz CT molecular complexity index is 798. The van der Waals surface area contributed by atoms with E-state index in [9.17, 15) is 4.79 Å². The van der Waals surface area contributed by atoms with Crippen LogP contribution in [0.15, 0.2) is 30.6 Å². The number of carbonyl (C=O) groups excluding carboxylic acids is 1. The molecule has 2 aliphatic rings. The molecule has 1 N–H and O–H groups in total. The molecule has 2 aromatic rings. The predicted molar refractivity (Wildman–Crippen MR) is 99.4 cm³/mol. The Labute approximate surface area is 158 Å². The summed E-state index contributed by atoms with van der Waals surface area (Å²) >= 11 is 5.95. The molecule has 1 fully saturated rings. The SMILES string of the molecule is CN1CCc2[nH]cnc2C12CCN(C(=O)COc1cccc(Cl)c1)CC2. The van der Waals surface area contributed by atoms with Gasteiger partial charge in [0, 0.05) is 36.8 Å². The molecular formula is C19H23ClN4O2. The minimum absolute atomic E-state index is 0.0144. The number of hydrogen-bond donors (Lipinski definition) is 1. The summed E-state index contributed by atoms with van der Waals surface area (Å²) in [6.45, 7) is 2.49. The van der Waals surface area contributed by atoms with E-state index in [0.717, 1.165) is 31.5 Å². The van der Waals surface area contributed by atoms with Crippen LogP contribution >= 0.6 is 11.6 Å². The molecule has 0 atom stereocenters. The first-order chi connectivity index (χ1) is 12.6. The van der Waals surface area contributed by atoms with E-state index in [1.165, 1.54) is 5.69 Å². The summed E-state index contributed by atoms with van der Waals surface area (Å²) in [5.41, 5.74) is 2.35. The lowest BCUT2D eigenvalue weighted by molar-refractivity contribution is -0.136. The van der Waals surface area contributed by atoms with Gasteiger partial charge in [0.25, 0.3) is 5.91 Å². The van der Waals surface area contributed by atoms with Crippen molar-refractivity contribution in [2.75, 3.05) is 33.3 Å². The van der Waals surface area contributed by atoms with Gasteiger partial charge in [-0.2, -0.15) is 0 Å². The van der Waals surface area contributed by atoms with Gasteiger partial charge in [0.05, 0.1) is 17.6 Å². The van der Waals surface area contributed by atoms with Crippen molar-refractivity contribution in [3.05, 3.63) is 47.0 Å². The number of fused-ring (bicyclic) bond motifs is 2. The first-order valence-electron chi connectivity index (χ1n) is 8.99. The number of rotatable bonds is 3. The highest BCUT2D eigenvalue weighted by molar-refractivity contribution is 6.30.